The zero-order chi connectivity index (χ0) is 15.3. The predicted molar refractivity (Wildman–Crippen MR) is 80.6 cm³/mol. The van der Waals surface area contributed by atoms with Crippen molar-refractivity contribution in [2.24, 2.45) is 5.11 Å². The Bertz CT molecular complexity index is 564. The van der Waals surface area contributed by atoms with E-state index in [1.165, 1.54) is 0 Å². The highest BCUT2D eigenvalue weighted by Crippen LogP contribution is 2.40. The van der Waals surface area contributed by atoms with Crippen LogP contribution in [0.25, 0.3) is 10.4 Å². The third kappa shape index (κ3) is 3.80. The molecule has 0 radical (unpaired) electrons. The first-order valence-corrected chi connectivity index (χ1v) is 7.20. The summed E-state index contributed by atoms with van der Waals surface area (Å²) in [7, 11) is 0. The molecule has 0 aliphatic heterocycles. The van der Waals surface area contributed by atoms with Crippen LogP contribution in [0.5, 0.6) is 0 Å². The van der Waals surface area contributed by atoms with Gasteiger partial charge in [0.25, 0.3) is 0 Å². The van der Waals surface area contributed by atoms with Crippen molar-refractivity contribution in [3.8, 4) is 0 Å². The maximum atomic E-state index is 10.8. The molecule has 0 aromatic heterocycles. The number of halogens is 1. The summed E-state index contributed by atoms with van der Waals surface area (Å²) in [6.45, 7) is 0.339. The number of carboxylic acid groups (broad SMARTS) is 1. The Morgan fingerprint density at radius 1 is 1.52 bits per heavy atom. The molecule has 1 aliphatic rings. The molecule has 0 saturated heterocycles. The molecule has 1 fully saturated rings. The Hall–Kier alpha value is -1.91. The number of nitrogens with zero attached hydrogens (tertiary/aromatic N) is 3. The second kappa shape index (κ2) is 6.70. The van der Waals surface area contributed by atoms with Gasteiger partial charge in [-0.2, -0.15) is 0 Å². The number of azide groups is 1. The summed E-state index contributed by atoms with van der Waals surface area (Å²) < 4.78 is 0. The molecule has 0 bridgehead atoms. The lowest BCUT2D eigenvalue weighted by molar-refractivity contribution is 0.185. The van der Waals surface area contributed by atoms with Gasteiger partial charge < -0.3 is 10.4 Å². The van der Waals surface area contributed by atoms with E-state index in [9.17, 15) is 4.79 Å². The molecule has 21 heavy (non-hydrogen) atoms. The fraction of sp³-hybridized carbons (Fsp3) is 0.500. The summed E-state index contributed by atoms with van der Waals surface area (Å²) in [6, 6.07) is 7.53. The van der Waals surface area contributed by atoms with Crippen LogP contribution in [0, 0.1) is 0 Å². The zero-order valence-corrected chi connectivity index (χ0v) is 12.3. The van der Waals surface area contributed by atoms with Crippen LogP contribution in [0.1, 0.15) is 31.2 Å². The first-order valence-electron chi connectivity index (χ1n) is 6.83. The maximum absolute atomic E-state index is 10.8. The van der Waals surface area contributed by atoms with Gasteiger partial charge in [0.2, 0.25) is 0 Å². The summed E-state index contributed by atoms with van der Waals surface area (Å²) >= 11 is 6.06. The molecule has 2 N–H and O–H groups in total. The molecule has 6 nitrogen and oxygen atoms in total. The third-order valence-corrected chi connectivity index (χ3v) is 4.38. The van der Waals surface area contributed by atoms with E-state index in [0.717, 1.165) is 31.2 Å². The van der Waals surface area contributed by atoms with Crippen molar-refractivity contribution in [3.05, 3.63) is 45.3 Å². The molecule has 0 heterocycles. The van der Waals surface area contributed by atoms with Crippen LogP contribution in [0.2, 0.25) is 5.02 Å². The van der Waals surface area contributed by atoms with Crippen LogP contribution in [-0.2, 0) is 5.41 Å². The van der Waals surface area contributed by atoms with Crippen LogP contribution >= 0.6 is 11.6 Å². The normalized spacial score (nSPS) is 24.9. The average Bonchev–Trinajstić information content (AvgIpc) is 2.47. The van der Waals surface area contributed by atoms with Gasteiger partial charge in [-0.25, -0.2) is 4.79 Å². The number of amides is 1. The molecule has 1 aliphatic carbocycles. The van der Waals surface area contributed by atoms with Crippen LogP contribution in [0.15, 0.2) is 29.4 Å². The molecule has 0 spiro atoms. The Balaban J connectivity index is 2.24. The van der Waals surface area contributed by atoms with E-state index < -0.39 is 6.09 Å². The smallest absolute Gasteiger partial charge is 0.404 e. The summed E-state index contributed by atoms with van der Waals surface area (Å²) in [5.41, 5.74) is 9.27. The van der Waals surface area contributed by atoms with Crippen LogP contribution in [0.4, 0.5) is 4.79 Å². The van der Waals surface area contributed by atoms with E-state index in [4.69, 9.17) is 22.2 Å². The summed E-state index contributed by atoms with van der Waals surface area (Å²) in [4.78, 5) is 13.7. The molecule has 7 heteroatoms. The van der Waals surface area contributed by atoms with Crippen molar-refractivity contribution in [1.82, 2.24) is 5.32 Å². The highest BCUT2D eigenvalue weighted by atomic mass is 35.5. The van der Waals surface area contributed by atoms with Gasteiger partial charge in [0.05, 0.1) is 0 Å². The molecule has 1 aromatic rings. The van der Waals surface area contributed by atoms with Crippen molar-refractivity contribution in [3.63, 3.8) is 0 Å². The second-order valence-electron chi connectivity index (χ2n) is 5.39. The molecule has 1 saturated carbocycles. The van der Waals surface area contributed by atoms with Crippen LogP contribution in [-0.4, -0.2) is 23.8 Å². The van der Waals surface area contributed by atoms with Crippen LogP contribution < -0.4 is 5.32 Å². The predicted octanol–water partition coefficient (Wildman–Crippen LogP) is 4.10. The Labute approximate surface area is 127 Å². The summed E-state index contributed by atoms with van der Waals surface area (Å²) in [6.07, 6.45) is 1.98. The number of hydrogen-bond acceptors (Lipinski definition) is 2. The largest absolute Gasteiger partial charge is 0.465 e. The zero-order valence-electron chi connectivity index (χ0n) is 11.5. The minimum absolute atomic E-state index is 0.00728. The van der Waals surface area contributed by atoms with Crippen molar-refractivity contribution >= 4 is 17.7 Å². The van der Waals surface area contributed by atoms with Crippen molar-refractivity contribution in [2.45, 2.75) is 37.1 Å². The third-order valence-electron chi connectivity index (χ3n) is 4.14. The van der Waals surface area contributed by atoms with E-state index in [1.807, 2.05) is 18.2 Å². The number of carbonyl (C=O) groups is 1. The quantitative estimate of drug-likeness (QED) is 0.497. The van der Waals surface area contributed by atoms with Gasteiger partial charge in [-0.15, -0.1) is 0 Å². The van der Waals surface area contributed by atoms with Gasteiger partial charge in [-0.3, -0.25) is 0 Å². The minimum atomic E-state index is -1.03. The first kappa shape index (κ1) is 15.5. The van der Waals surface area contributed by atoms with Gasteiger partial charge in [0.15, 0.2) is 0 Å². The molecule has 1 amide bonds. The highest BCUT2D eigenvalue weighted by Gasteiger charge is 2.37. The van der Waals surface area contributed by atoms with Gasteiger partial charge >= 0.3 is 6.09 Å². The van der Waals surface area contributed by atoms with Gasteiger partial charge in [0.1, 0.15) is 0 Å². The highest BCUT2D eigenvalue weighted by molar-refractivity contribution is 6.30. The van der Waals surface area contributed by atoms with Crippen LogP contribution in [0.3, 0.4) is 0 Å². The number of rotatable bonds is 4. The second-order valence-corrected chi connectivity index (χ2v) is 5.82. The Morgan fingerprint density at radius 3 is 2.81 bits per heavy atom. The Morgan fingerprint density at radius 2 is 2.24 bits per heavy atom. The molecule has 0 unspecified atom stereocenters. The number of benzene rings is 1. The van der Waals surface area contributed by atoms with E-state index >= 15 is 0 Å². The molecular formula is C14H17ClN4O2. The van der Waals surface area contributed by atoms with Crippen molar-refractivity contribution < 1.29 is 9.90 Å². The fourth-order valence-electron chi connectivity index (χ4n) is 2.97. The van der Waals surface area contributed by atoms with E-state index in [-0.39, 0.29) is 11.5 Å². The van der Waals surface area contributed by atoms with Gasteiger partial charge in [-0.1, -0.05) is 28.8 Å². The fourth-order valence-corrected chi connectivity index (χ4v) is 3.16. The standard InChI is InChI=1S/C14H17ClN4O2/c15-11-3-1-2-10(8-11)14(9-17-13(20)21)6-4-12(5-7-14)18-19-16/h1-3,8,12,17H,4-7,9H2,(H,20,21). The Kier molecular flexibility index (Phi) is 4.94. The lowest BCUT2D eigenvalue weighted by Crippen LogP contribution is -2.43. The maximum Gasteiger partial charge on any atom is 0.404 e. The SMILES string of the molecule is [N-]=[N+]=NC1CCC(CNC(=O)O)(c2cccc(Cl)c2)CC1. The lowest BCUT2D eigenvalue weighted by Gasteiger charge is -2.39. The molecule has 0 atom stereocenters. The first-order chi connectivity index (χ1) is 10.1. The van der Waals surface area contributed by atoms with E-state index in [2.05, 4.69) is 15.3 Å². The molecule has 112 valence electrons. The van der Waals surface area contributed by atoms with Gasteiger partial charge in [0, 0.05) is 27.9 Å². The number of hydrogen-bond donors (Lipinski definition) is 2. The molecule has 2 rings (SSSR count). The monoisotopic (exact) mass is 308 g/mol. The van der Waals surface area contributed by atoms with Gasteiger partial charge in [-0.05, 0) is 48.9 Å². The summed E-state index contributed by atoms with van der Waals surface area (Å²) in [5, 5.41) is 15.8. The average molecular weight is 309 g/mol. The van der Waals surface area contributed by atoms with E-state index in [0.29, 0.717) is 11.6 Å². The molecular weight excluding hydrogens is 292 g/mol. The lowest BCUT2D eigenvalue weighted by atomic mass is 9.68. The topological polar surface area (TPSA) is 98.1 Å². The van der Waals surface area contributed by atoms with E-state index in [1.54, 1.807) is 6.07 Å². The van der Waals surface area contributed by atoms with Crippen molar-refractivity contribution in [1.29, 1.82) is 0 Å². The van der Waals surface area contributed by atoms with Crippen molar-refractivity contribution in [2.75, 3.05) is 6.54 Å². The molecule has 1 aromatic carbocycles. The summed E-state index contributed by atoms with van der Waals surface area (Å²) in [5.74, 6) is 0. The minimum Gasteiger partial charge on any atom is -0.465 e. The number of nitrogens with one attached hydrogen (secondary N) is 1.